The topological polar surface area (TPSA) is 67.2 Å². The third kappa shape index (κ3) is 4.31. The van der Waals surface area contributed by atoms with Gasteiger partial charge < -0.3 is 9.80 Å². The van der Waals surface area contributed by atoms with E-state index < -0.39 is 11.6 Å². The zero-order chi connectivity index (χ0) is 23.1. The number of fused-ring (bicyclic) bond motifs is 1. The fraction of sp³-hybridized carbons (Fsp3) is 0.417. The van der Waals surface area contributed by atoms with Gasteiger partial charge in [0.15, 0.2) is 5.82 Å². The molecule has 3 aromatic rings. The van der Waals surface area contributed by atoms with Gasteiger partial charge in [0.25, 0.3) is 0 Å². The quantitative estimate of drug-likeness (QED) is 0.609. The van der Waals surface area contributed by atoms with Gasteiger partial charge in [0, 0.05) is 57.9 Å². The summed E-state index contributed by atoms with van der Waals surface area (Å²) in [6.07, 6.45) is 5.79. The monoisotopic (exact) mass is 452 g/mol. The normalized spacial score (nSPS) is 18.0. The Kier molecular flexibility index (Phi) is 5.55. The molecule has 5 rings (SSSR count). The SMILES string of the molecule is CC(=O)N1CCc2nc(N3CCC(Cc4ccc(F)cc4F)C3)c(-c3cnn(C)c3)nc2C1. The number of hydrogen-bond acceptors (Lipinski definition) is 5. The number of nitrogens with zero attached hydrogens (tertiary/aromatic N) is 6. The molecule has 1 saturated heterocycles. The highest BCUT2D eigenvalue weighted by molar-refractivity contribution is 5.74. The molecule has 0 N–H and O–H groups in total. The molecule has 1 atom stereocenters. The summed E-state index contributed by atoms with van der Waals surface area (Å²) in [5.41, 5.74) is 3.90. The third-order valence-electron chi connectivity index (χ3n) is 6.52. The van der Waals surface area contributed by atoms with E-state index in [0.29, 0.717) is 31.5 Å². The van der Waals surface area contributed by atoms with E-state index in [9.17, 15) is 13.6 Å². The highest BCUT2D eigenvalue weighted by Crippen LogP contribution is 2.34. The Morgan fingerprint density at radius 1 is 1.18 bits per heavy atom. The Morgan fingerprint density at radius 2 is 2.03 bits per heavy atom. The number of halogens is 2. The van der Waals surface area contributed by atoms with Crippen molar-refractivity contribution < 1.29 is 13.6 Å². The zero-order valence-electron chi connectivity index (χ0n) is 18.8. The number of amides is 1. The number of anilines is 1. The molecule has 1 aromatic carbocycles. The van der Waals surface area contributed by atoms with Crippen molar-refractivity contribution in [1.82, 2.24) is 24.6 Å². The van der Waals surface area contributed by atoms with Crippen molar-refractivity contribution in [3.05, 3.63) is 59.2 Å². The highest BCUT2D eigenvalue weighted by atomic mass is 19.1. The summed E-state index contributed by atoms with van der Waals surface area (Å²) in [7, 11) is 1.86. The van der Waals surface area contributed by atoms with Gasteiger partial charge in [0.2, 0.25) is 5.91 Å². The second-order valence-corrected chi connectivity index (χ2v) is 8.92. The number of aryl methyl sites for hydroxylation is 1. The lowest BCUT2D eigenvalue weighted by atomic mass is 9.98. The van der Waals surface area contributed by atoms with Crippen molar-refractivity contribution in [3.63, 3.8) is 0 Å². The molecular formula is C24H26F2N6O. The summed E-state index contributed by atoms with van der Waals surface area (Å²) in [5.74, 6) is 0.0221. The number of carbonyl (C=O) groups excluding carboxylic acids is 1. The smallest absolute Gasteiger partial charge is 0.219 e. The first-order valence-electron chi connectivity index (χ1n) is 11.2. The van der Waals surface area contributed by atoms with Crippen LogP contribution in [0, 0.1) is 17.6 Å². The van der Waals surface area contributed by atoms with Gasteiger partial charge in [-0.25, -0.2) is 18.7 Å². The van der Waals surface area contributed by atoms with Crippen LogP contribution >= 0.6 is 0 Å². The number of hydrogen-bond donors (Lipinski definition) is 0. The van der Waals surface area contributed by atoms with Crippen LogP contribution in [-0.2, 0) is 31.2 Å². The van der Waals surface area contributed by atoms with Crippen molar-refractivity contribution in [2.45, 2.75) is 32.7 Å². The van der Waals surface area contributed by atoms with Crippen LogP contribution in [0.15, 0.2) is 30.6 Å². The Hall–Kier alpha value is -3.36. The lowest BCUT2D eigenvalue weighted by Gasteiger charge is -2.29. The minimum atomic E-state index is -0.557. The predicted molar refractivity (Wildman–Crippen MR) is 119 cm³/mol. The Labute approximate surface area is 191 Å². The summed E-state index contributed by atoms with van der Waals surface area (Å²) in [6.45, 7) is 4.17. The van der Waals surface area contributed by atoms with Crippen molar-refractivity contribution >= 4 is 11.7 Å². The van der Waals surface area contributed by atoms with Crippen LogP contribution < -0.4 is 4.90 Å². The zero-order valence-corrected chi connectivity index (χ0v) is 18.8. The van der Waals surface area contributed by atoms with Crippen molar-refractivity contribution in [2.75, 3.05) is 24.5 Å². The average Bonchev–Trinajstić information content (AvgIpc) is 3.43. The molecule has 2 aliphatic heterocycles. The van der Waals surface area contributed by atoms with Crippen LogP contribution in [0.25, 0.3) is 11.3 Å². The molecule has 1 amide bonds. The largest absolute Gasteiger partial charge is 0.355 e. The van der Waals surface area contributed by atoms with E-state index in [2.05, 4.69) is 10.00 Å². The minimum Gasteiger partial charge on any atom is -0.355 e. The fourth-order valence-corrected chi connectivity index (χ4v) is 4.74. The Morgan fingerprint density at radius 3 is 2.76 bits per heavy atom. The molecule has 0 radical (unpaired) electrons. The summed E-state index contributed by atoms with van der Waals surface area (Å²) >= 11 is 0. The maximum Gasteiger partial charge on any atom is 0.219 e. The van der Waals surface area contributed by atoms with Gasteiger partial charge in [0.05, 0.1) is 24.1 Å². The summed E-state index contributed by atoms with van der Waals surface area (Å²) in [4.78, 5) is 25.8. The minimum absolute atomic E-state index is 0.0323. The summed E-state index contributed by atoms with van der Waals surface area (Å²) in [5, 5.41) is 4.30. The van der Waals surface area contributed by atoms with Crippen LogP contribution in [0.5, 0.6) is 0 Å². The third-order valence-corrected chi connectivity index (χ3v) is 6.52. The molecular weight excluding hydrogens is 426 g/mol. The molecule has 0 bridgehead atoms. The number of benzene rings is 1. The summed E-state index contributed by atoms with van der Waals surface area (Å²) in [6, 6.07) is 3.79. The van der Waals surface area contributed by atoms with Crippen molar-refractivity contribution in [1.29, 1.82) is 0 Å². The molecule has 172 valence electrons. The molecule has 1 unspecified atom stereocenters. The van der Waals surface area contributed by atoms with Crippen LogP contribution in [0.1, 0.15) is 30.3 Å². The predicted octanol–water partition coefficient (Wildman–Crippen LogP) is 3.13. The van der Waals surface area contributed by atoms with E-state index >= 15 is 0 Å². The molecule has 2 aliphatic rings. The molecule has 0 saturated carbocycles. The molecule has 2 aromatic heterocycles. The average molecular weight is 453 g/mol. The maximum absolute atomic E-state index is 14.2. The van der Waals surface area contributed by atoms with E-state index in [0.717, 1.165) is 54.0 Å². The fourth-order valence-electron chi connectivity index (χ4n) is 4.74. The van der Waals surface area contributed by atoms with E-state index in [1.165, 1.54) is 12.1 Å². The van der Waals surface area contributed by atoms with Crippen LogP contribution in [-0.4, -0.2) is 50.2 Å². The van der Waals surface area contributed by atoms with Gasteiger partial charge in [-0.1, -0.05) is 6.07 Å². The van der Waals surface area contributed by atoms with Crippen LogP contribution in [0.2, 0.25) is 0 Å². The van der Waals surface area contributed by atoms with Crippen LogP contribution in [0.4, 0.5) is 14.6 Å². The molecule has 0 spiro atoms. The van der Waals surface area contributed by atoms with Crippen LogP contribution in [0.3, 0.4) is 0 Å². The van der Waals surface area contributed by atoms with E-state index in [1.54, 1.807) is 22.7 Å². The van der Waals surface area contributed by atoms with Gasteiger partial charge in [0.1, 0.15) is 17.3 Å². The second kappa shape index (κ2) is 8.53. The lowest BCUT2D eigenvalue weighted by Crippen LogP contribution is -2.36. The maximum atomic E-state index is 14.2. The van der Waals surface area contributed by atoms with Gasteiger partial charge in [-0.2, -0.15) is 5.10 Å². The molecule has 33 heavy (non-hydrogen) atoms. The molecule has 7 nitrogen and oxygen atoms in total. The van der Waals surface area contributed by atoms with E-state index in [-0.39, 0.29) is 11.8 Å². The van der Waals surface area contributed by atoms with E-state index in [4.69, 9.17) is 9.97 Å². The number of rotatable bonds is 4. The van der Waals surface area contributed by atoms with Gasteiger partial charge in [-0.15, -0.1) is 0 Å². The van der Waals surface area contributed by atoms with Crippen molar-refractivity contribution in [3.8, 4) is 11.3 Å². The Bertz CT molecular complexity index is 1210. The first-order valence-corrected chi connectivity index (χ1v) is 11.2. The molecule has 9 heteroatoms. The molecule has 4 heterocycles. The molecule has 0 aliphatic carbocycles. The van der Waals surface area contributed by atoms with Crippen molar-refractivity contribution in [2.24, 2.45) is 13.0 Å². The summed E-state index contributed by atoms with van der Waals surface area (Å²) < 4.78 is 29.2. The highest BCUT2D eigenvalue weighted by Gasteiger charge is 2.30. The molecule has 1 fully saturated rings. The first kappa shape index (κ1) is 21.5. The lowest BCUT2D eigenvalue weighted by molar-refractivity contribution is -0.129. The van der Waals surface area contributed by atoms with E-state index in [1.807, 2.05) is 13.2 Å². The first-order chi connectivity index (χ1) is 15.9. The number of carbonyl (C=O) groups is 1. The number of aromatic nitrogens is 4. The standard InChI is InChI=1S/C24H26F2N6O/c1-15(33)31-8-6-21-22(14-31)28-23(18-11-27-30(2)13-18)24(29-21)32-7-5-16(12-32)9-17-3-4-19(25)10-20(17)26/h3-4,10-11,13,16H,5-9,12,14H2,1-2H3. The second-order valence-electron chi connectivity index (χ2n) is 8.92. The van der Waals surface area contributed by atoms with Gasteiger partial charge in [-0.05, 0) is 30.4 Å². The van der Waals surface area contributed by atoms with Gasteiger partial charge >= 0.3 is 0 Å². The Balaban J connectivity index is 1.44. The van der Waals surface area contributed by atoms with Gasteiger partial charge in [-0.3, -0.25) is 9.48 Å².